The zero-order valence-corrected chi connectivity index (χ0v) is 8.49. The van der Waals surface area contributed by atoms with Gasteiger partial charge in [-0.25, -0.2) is 0 Å². The molecule has 0 aromatic carbocycles. The first-order valence-corrected chi connectivity index (χ1v) is 4.49. The van der Waals surface area contributed by atoms with E-state index in [0.29, 0.717) is 11.6 Å². The Labute approximate surface area is 70.8 Å². The maximum atomic E-state index is 3.41. The van der Waals surface area contributed by atoms with Gasteiger partial charge in [-0.3, -0.25) is 0 Å². The highest BCUT2D eigenvalue weighted by molar-refractivity contribution is 4.77. The largest absolute Gasteiger partial charge is 0.302 e. The van der Waals surface area contributed by atoms with Gasteiger partial charge in [-0.1, -0.05) is 34.6 Å². The van der Waals surface area contributed by atoms with Crippen LogP contribution in [0.5, 0.6) is 0 Å². The van der Waals surface area contributed by atoms with Crippen LogP contribution in [0.2, 0.25) is 0 Å². The Kier molecular flexibility index (Phi) is 4.69. The zero-order chi connectivity index (χ0) is 8.91. The Bertz CT molecular complexity index is 88.2. The summed E-state index contributed by atoms with van der Waals surface area (Å²) in [5, 5.41) is 6.82. The van der Waals surface area contributed by atoms with E-state index in [1.54, 1.807) is 0 Å². The molecule has 0 heterocycles. The molecule has 0 bridgehead atoms. The van der Waals surface area contributed by atoms with Crippen molar-refractivity contribution in [1.82, 2.24) is 10.6 Å². The van der Waals surface area contributed by atoms with Crippen LogP contribution < -0.4 is 10.6 Å². The van der Waals surface area contributed by atoms with Gasteiger partial charge in [0.2, 0.25) is 0 Å². The van der Waals surface area contributed by atoms with Gasteiger partial charge in [-0.15, -0.1) is 0 Å². The quantitative estimate of drug-likeness (QED) is 0.607. The minimum atomic E-state index is 0.298. The van der Waals surface area contributed by atoms with Gasteiger partial charge in [0.05, 0.1) is 6.17 Å². The molecule has 11 heavy (non-hydrogen) atoms. The summed E-state index contributed by atoms with van der Waals surface area (Å²) in [6, 6.07) is 0. The van der Waals surface area contributed by atoms with Crippen LogP contribution >= 0.6 is 0 Å². The SMILES string of the molecule is CCNC(NCC)C(C)(C)C. The molecular formula is C9H22N2. The first-order valence-electron chi connectivity index (χ1n) is 4.49. The molecule has 2 N–H and O–H groups in total. The van der Waals surface area contributed by atoms with Crippen molar-refractivity contribution >= 4 is 0 Å². The number of hydrogen-bond acceptors (Lipinski definition) is 2. The predicted molar refractivity (Wildman–Crippen MR) is 50.6 cm³/mol. The van der Waals surface area contributed by atoms with E-state index in [1.807, 2.05) is 0 Å². The second-order valence-corrected chi connectivity index (χ2v) is 3.91. The molecule has 68 valence electrons. The van der Waals surface area contributed by atoms with Crippen LogP contribution in [0.15, 0.2) is 0 Å². The van der Waals surface area contributed by atoms with E-state index >= 15 is 0 Å². The van der Waals surface area contributed by atoms with E-state index in [4.69, 9.17) is 0 Å². The lowest BCUT2D eigenvalue weighted by molar-refractivity contribution is 0.232. The summed E-state index contributed by atoms with van der Waals surface area (Å²) >= 11 is 0. The summed E-state index contributed by atoms with van der Waals surface area (Å²) in [5.74, 6) is 0. The summed E-state index contributed by atoms with van der Waals surface area (Å²) in [6.07, 6.45) is 0.428. The van der Waals surface area contributed by atoms with Crippen LogP contribution in [0.25, 0.3) is 0 Å². The molecule has 0 radical (unpaired) electrons. The van der Waals surface area contributed by atoms with Gasteiger partial charge in [0.1, 0.15) is 0 Å². The number of rotatable bonds is 4. The summed E-state index contributed by atoms with van der Waals surface area (Å²) in [6.45, 7) is 13.0. The van der Waals surface area contributed by atoms with E-state index in [0.717, 1.165) is 13.1 Å². The lowest BCUT2D eigenvalue weighted by Gasteiger charge is -2.31. The number of nitrogens with one attached hydrogen (secondary N) is 2. The highest BCUT2D eigenvalue weighted by Gasteiger charge is 2.21. The molecule has 0 amide bonds. The van der Waals surface area contributed by atoms with Crippen molar-refractivity contribution < 1.29 is 0 Å². The Morgan fingerprint density at radius 3 is 1.55 bits per heavy atom. The Morgan fingerprint density at radius 1 is 1.00 bits per heavy atom. The Balaban J connectivity index is 3.88. The molecule has 0 aliphatic heterocycles. The molecule has 0 aromatic rings. The zero-order valence-electron chi connectivity index (χ0n) is 8.49. The fourth-order valence-corrected chi connectivity index (χ4v) is 1.09. The minimum absolute atomic E-state index is 0.298. The van der Waals surface area contributed by atoms with Crippen molar-refractivity contribution in [2.45, 2.75) is 40.8 Å². The van der Waals surface area contributed by atoms with Crippen molar-refractivity contribution in [3.05, 3.63) is 0 Å². The standard InChI is InChI=1S/C9H22N2/c1-6-10-8(11-7-2)9(3,4)5/h8,10-11H,6-7H2,1-5H3. The fraction of sp³-hybridized carbons (Fsp3) is 1.00. The monoisotopic (exact) mass is 158 g/mol. The van der Waals surface area contributed by atoms with E-state index in [2.05, 4.69) is 45.3 Å². The molecule has 0 unspecified atom stereocenters. The van der Waals surface area contributed by atoms with Crippen LogP contribution in [0.3, 0.4) is 0 Å². The number of hydrogen-bond donors (Lipinski definition) is 2. The average molecular weight is 158 g/mol. The molecule has 0 atom stereocenters. The average Bonchev–Trinajstić information content (AvgIpc) is 1.85. The molecule has 0 aliphatic carbocycles. The third kappa shape index (κ3) is 4.38. The van der Waals surface area contributed by atoms with Crippen molar-refractivity contribution in [1.29, 1.82) is 0 Å². The molecule has 2 heteroatoms. The normalized spacial score (nSPS) is 12.5. The summed E-state index contributed by atoms with van der Waals surface area (Å²) in [7, 11) is 0. The third-order valence-corrected chi connectivity index (χ3v) is 1.68. The van der Waals surface area contributed by atoms with Crippen molar-refractivity contribution in [3.63, 3.8) is 0 Å². The van der Waals surface area contributed by atoms with Crippen LogP contribution in [0.1, 0.15) is 34.6 Å². The molecule has 0 rings (SSSR count). The maximum Gasteiger partial charge on any atom is 0.0621 e. The van der Waals surface area contributed by atoms with Crippen LogP contribution in [-0.4, -0.2) is 19.3 Å². The maximum absolute atomic E-state index is 3.41. The molecule has 2 nitrogen and oxygen atoms in total. The summed E-state index contributed by atoms with van der Waals surface area (Å²) in [5.41, 5.74) is 0.298. The van der Waals surface area contributed by atoms with E-state index in [1.165, 1.54) is 0 Å². The lowest BCUT2D eigenvalue weighted by Crippen LogP contribution is -2.50. The molecule has 0 fully saturated rings. The minimum Gasteiger partial charge on any atom is -0.302 e. The van der Waals surface area contributed by atoms with Gasteiger partial charge < -0.3 is 10.6 Å². The molecular weight excluding hydrogens is 136 g/mol. The van der Waals surface area contributed by atoms with E-state index < -0.39 is 0 Å². The summed E-state index contributed by atoms with van der Waals surface area (Å²) < 4.78 is 0. The topological polar surface area (TPSA) is 24.1 Å². The van der Waals surface area contributed by atoms with Gasteiger partial charge >= 0.3 is 0 Å². The highest BCUT2D eigenvalue weighted by Crippen LogP contribution is 2.16. The molecule has 0 aliphatic rings. The lowest BCUT2D eigenvalue weighted by atomic mass is 9.92. The Morgan fingerprint density at radius 2 is 1.36 bits per heavy atom. The smallest absolute Gasteiger partial charge is 0.0621 e. The van der Waals surface area contributed by atoms with Gasteiger partial charge in [-0.2, -0.15) is 0 Å². The van der Waals surface area contributed by atoms with Gasteiger partial charge in [0.25, 0.3) is 0 Å². The highest BCUT2D eigenvalue weighted by atomic mass is 15.1. The van der Waals surface area contributed by atoms with Crippen molar-refractivity contribution in [2.75, 3.05) is 13.1 Å². The second-order valence-electron chi connectivity index (χ2n) is 3.91. The van der Waals surface area contributed by atoms with Crippen LogP contribution in [0.4, 0.5) is 0 Å². The van der Waals surface area contributed by atoms with Crippen molar-refractivity contribution in [2.24, 2.45) is 5.41 Å². The second kappa shape index (κ2) is 4.73. The summed E-state index contributed by atoms with van der Waals surface area (Å²) in [4.78, 5) is 0. The van der Waals surface area contributed by atoms with Gasteiger partial charge in [0, 0.05) is 0 Å². The van der Waals surface area contributed by atoms with Gasteiger partial charge in [-0.05, 0) is 18.5 Å². The van der Waals surface area contributed by atoms with Crippen LogP contribution in [0, 0.1) is 5.41 Å². The van der Waals surface area contributed by atoms with E-state index in [-0.39, 0.29) is 0 Å². The first kappa shape index (κ1) is 10.9. The Hall–Kier alpha value is -0.0800. The predicted octanol–water partition coefficient (Wildman–Crippen LogP) is 1.58. The van der Waals surface area contributed by atoms with Gasteiger partial charge in [0.15, 0.2) is 0 Å². The molecule has 0 aromatic heterocycles. The van der Waals surface area contributed by atoms with Crippen molar-refractivity contribution in [3.8, 4) is 0 Å². The first-order chi connectivity index (χ1) is 5.02. The van der Waals surface area contributed by atoms with Crippen LogP contribution in [-0.2, 0) is 0 Å². The molecule has 0 saturated heterocycles. The van der Waals surface area contributed by atoms with E-state index in [9.17, 15) is 0 Å². The molecule has 0 spiro atoms. The third-order valence-electron chi connectivity index (χ3n) is 1.68. The molecule has 0 saturated carbocycles. The fourth-order valence-electron chi connectivity index (χ4n) is 1.09.